The third-order valence-electron chi connectivity index (χ3n) is 5.68. The number of carbonyl (C=O) groups excluding carboxylic acids is 1. The molecule has 0 spiro atoms. The number of fused-ring (bicyclic) bond motifs is 1. The zero-order valence-corrected chi connectivity index (χ0v) is 21.0. The highest BCUT2D eigenvalue weighted by molar-refractivity contribution is 7.92. The Hall–Kier alpha value is -3.43. The molecule has 0 fully saturated rings. The van der Waals surface area contributed by atoms with Crippen molar-refractivity contribution in [2.24, 2.45) is 0 Å². The highest BCUT2D eigenvalue weighted by Crippen LogP contribution is 2.39. The second-order valence-corrected chi connectivity index (χ2v) is 10.2. The van der Waals surface area contributed by atoms with E-state index in [1.165, 1.54) is 18.2 Å². The van der Waals surface area contributed by atoms with Crippen molar-refractivity contribution in [3.05, 3.63) is 77.3 Å². The molecule has 1 amide bonds. The standard InChI is InChI=1S/C25H25ClN2O6S/c1-16(20-14-18(32-2)10-12-22(20)33-3)27-25(29)24-15-28(21-13-17(26)9-11-23(21)34-24)35(30,31)19-7-5-4-6-8-19/h4-14,16,24H,15H2,1-3H3,(H,27,29)/t16-,24+/m1/s1. The van der Waals surface area contributed by atoms with Gasteiger partial charge in [0.1, 0.15) is 17.2 Å². The van der Waals surface area contributed by atoms with Gasteiger partial charge >= 0.3 is 0 Å². The third kappa shape index (κ3) is 5.01. The Bertz CT molecular complexity index is 1330. The zero-order valence-electron chi connectivity index (χ0n) is 19.4. The Kier molecular flexibility index (Phi) is 7.09. The normalized spacial score (nSPS) is 16.0. The van der Waals surface area contributed by atoms with Crippen LogP contribution in [0.5, 0.6) is 17.2 Å². The maximum Gasteiger partial charge on any atom is 0.264 e. The molecule has 1 heterocycles. The first-order valence-electron chi connectivity index (χ1n) is 10.8. The first-order valence-corrected chi connectivity index (χ1v) is 12.6. The van der Waals surface area contributed by atoms with Crippen molar-refractivity contribution in [2.75, 3.05) is 25.1 Å². The fourth-order valence-electron chi connectivity index (χ4n) is 3.87. The number of halogens is 1. The Morgan fingerprint density at radius 2 is 1.83 bits per heavy atom. The van der Waals surface area contributed by atoms with E-state index in [1.807, 2.05) is 0 Å². The van der Waals surface area contributed by atoms with Gasteiger partial charge in [-0.2, -0.15) is 0 Å². The average Bonchev–Trinajstić information content (AvgIpc) is 2.87. The average molecular weight is 517 g/mol. The minimum atomic E-state index is -3.98. The van der Waals surface area contributed by atoms with E-state index >= 15 is 0 Å². The van der Waals surface area contributed by atoms with Crippen molar-refractivity contribution < 1.29 is 27.4 Å². The number of hydrogen-bond acceptors (Lipinski definition) is 6. The van der Waals surface area contributed by atoms with Crippen molar-refractivity contribution in [1.29, 1.82) is 0 Å². The molecule has 8 nitrogen and oxygen atoms in total. The Labute approximate surface area is 209 Å². The van der Waals surface area contributed by atoms with Crippen LogP contribution in [0.1, 0.15) is 18.5 Å². The van der Waals surface area contributed by atoms with Gasteiger partial charge in [0, 0.05) is 10.6 Å². The van der Waals surface area contributed by atoms with Gasteiger partial charge in [-0.25, -0.2) is 8.42 Å². The summed E-state index contributed by atoms with van der Waals surface area (Å²) in [4.78, 5) is 13.4. The van der Waals surface area contributed by atoms with Gasteiger partial charge in [-0.3, -0.25) is 9.10 Å². The molecule has 0 bridgehead atoms. The van der Waals surface area contributed by atoms with Gasteiger partial charge in [0.15, 0.2) is 6.10 Å². The predicted molar refractivity (Wildman–Crippen MR) is 133 cm³/mol. The van der Waals surface area contributed by atoms with Crippen LogP contribution in [0, 0.1) is 0 Å². The Morgan fingerprint density at radius 3 is 2.51 bits per heavy atom. The molecule has 35 heavy (non-hydrogen) atoms. The van der Waals surface area contributed by atoms with Crippen LogP contribution >= 0.6 is 11.6 Å². The number of nitrogens with zero attached hydrogens (tertiary/aromatic N) is 1. The fourth-order valence-corrected chi connectivity index (χ4v) is 5.53. The largest absolute Gasteiger partial charge is 0.497 e. The highest BCUT2D eigenvalue weighted by Gasteiger charge is 2.38. The molecule has 3 aromatic carbocycles. The van der Waals surface area contributed by atoms with Gasteiger partial charge in [0.25, 0.3) is 15.9 Å². The summed E-state index contributed by atoms with van der Waals surface area (Å²) in [5.41, 5.74) is 0.977. The number of sulfonamides is 1. The van der Waals surface area contributed by atoms with Crippen molar-refractivity contribution in [3.8, 4) is 17.2 Å². The van der Waals surface area contributed by atoms with Crippen LogP contribution in [0.3, 0.4) is 0 Å². The van der Waals surface area contributed by atoms with Gasteiger partial charge in [-0.15, -0.1) is 0 Å². The lowest BCUT2D eigenvalue weighted by Gasteiger charge is -2.35. The molecule has 0 radical (unpaired) electrons. The lowest BCUT2D eigenvalue weighted by molar-refractivity contribution is -0.128. The fraction of sp³-hybridized carbons (Fsp3) is 0.240. The Morgan fingerprint density at radius 1 is 1.09 bits per heavy atom. The highest BCUT2D eigenvalue weighted by atomic mass is 35.5. The number of anilines is 1. The zero-order chi connectivity index (χ0) is 25.2. The first kappa shape index (κ1) is 24.7. The number of amides is 1. The van der Waals surface area contributed by atoms with Crippen LogP contribution in [0.15, 0.2) is 71.6 Å². The van der Waals surface area contributed by atoms with Gasteiger partial charge in [0.05, 0.1) is 37.4 Å². The van der Waals surface area contributed by atoms with Crippen LogP contribution in [0.4, 0.5) is 5.69 Å². The number of rotatable bonds is 7. The minimum absolute atomic E-state index is 0.0986. The van der Waals surface area contributed by atoms with Gasteiger partial charge in [0.2, 0.25) is 0 Å². The van der Waals surface area contributed by atoms with Gasteiger partial charge in [-0.05, 0) is 55.5 Å². The molecule has 0 saturated heterocycles. The van der Waals surface area contributed by atoms with E-state index in [9.17, 15) is 13.2 Å². The maximum absolute atomic E-state index is 13.5. The first-order chi connectivity index (χ1) is 16.7. The molecule has 184 valence electrons. The molecule has 1 aliphatic rings. The quantitative estimate of drug-likeness (QED) is 0.506. The summed E-state index contributed by atoms with van der Waals surface area (Å²) in [5, 5.41) is 3.25. The molecule has 0 saturated carbocycles. The van der Waals surface area contributed by atoms with Crippen molar-refractivity contribution in [3.63, 3.8) is 0 Å². The third-order valence-corrected chi connectivity index (χ3v) is 7.71. The predicted octanol–water partition coefficient (Wildman–Crippen LogP) is 4.19. The van der Waals surface area contributed by atoms with E-state index in [2.05, 4.69) is 5.32 Å². The van der Waals surface area contributed by atoms with E-state index in [0.29, 0.717) is 22.1 Å². The lowest BCUT2D eigenvalue weighted by Crippen LogP contribution is -2.51. The number of carbonyl (C=O) groups is 1. The number of ether oxygens (including phenoxy) is 3. The molecule has 10 heteroatoms. The number of benzene rings is 3. The van der Waals surface area contributed by atoms with Crippen LogP contribution < -0.4 is 23.8 Å². The number of methoxy groups -OCH3 is 2. The van der Waals surface area contributed by atoms with E-state index < -0.39 is 28.1 Å². The SMILES string of the molecule is COc1ccc(OC)c([C@@H](C)NC(=O)[C@@H]2CN(S(=O)(=O)c3ccccc3)c3cc(Cl)ccc3O2)c1. The summed E-state index contributed by atoms with van der Waals surface area (Å²) in [6.45, 7) is 1.57. The molecule has 1 N–H and O–H groups in total. The van der Waals surface area contributed by atoms with Crippen LogP contribution in [0.2, 0.25) is 5.02 Å². The summed E-state index contributed by atoms with van der Waals surface area (Å²) in [6.07, 6.45) is -1.10. The van der Waals surface area contributed by atoms with E-state index in [1.54, 1.807) is 69.7 Å². The lowest BCUT2D eigenvalue weighted by atomic mass is 10.1. The van der Waals surface area contributed by atoms with Crippen molar-refractivity contribution >= 4 is 33.2 Å². The Balaban J connectivity index is 1.64. The summed E-state index contributed by atoms with van der Waals surface area (Å²) in [6, 6.07) is 17.5. The summed E-state index contributed by atoms with van der Waals surface area (Å²) >= 11 is 6.15. The molecule has 0 unspecified atom stereocenters. The molecular formula is C25H25ClN2O6S. The van der Waals surface area contributed by atoms with E-state index in [4.69, 9.17) is 25.8 Å². The van der Waals surface area contributed by atoms with Crippen LogP contribution in [-0.2, 0) is 14.8 Å². The minimum Gasteiger partial charge on any atom is -0.497 e. The van der Waals surface area contributed by atoms with Crippen LogP contribution in [-0.4, -0.2) is 41.2 Å². The molecule has 3 aromatic rings. The van der Waals surface area contributed by atoms with Crippen molar-refractivity contribution in [2.45, 2.75) is 24.0 Å². The second kappa shape index (κ2) is 10.1. The van der Waals surface area contributed by atoms with Gasteiger partial charge in [-0.1, -0.05) is 29.8 Å². The molecule has 4 rings (SSSR count). The second-order valence-electron chi connectivity index (χ2n) is 7.91. The monoisotopic (exact) mass is 516 g/mol. The molecule has 0 aliphatic carbocycles. The maximum atomic E-state index is 13.5. The number of hydrogen-bond donors (Lipinski definition) is 1. The van der Waals surface area contributed by atoms with Crippen LogP contribution in [0.25, 0.3) is 0 Å². The summed E-state index contributed by atoms with van der Waals surface area (Å²) in [7, 11) is -0.889. The van der Waals surface area contributed by atoms with Gasteiger partial charge < -0.3 is 19.5 Å². The molecule has 1 aliphatic heterocycles. The smallest absolute Gasteiger partial charge is 0.264 e. The molecule has 0 aromatic heterocycles. The summed E-state index contributed by atoms with van der Waals surface area (Å²) in [5.74, 6) is 0.960. The summed E-state index contributed by atoms with van der Waals surface area (Å²) < 4.78 is 44.8. The number of nitrogens with one attached hydrogen (secondary N) is 1. The van der Waals surface area contributed by atoms with E-state index in [-0.39, 0.29) is 22.9 Å². The molecule has 2 atom stereocenters. The molecular weight excluding hydrogens is 492 g/mol. The topological polar surface area (TPSA) is 94.2 Å². The van der Waals surface area contributed by atoms with E-state index in [0.717, 1.165) is 4.31 Å². The van der Waals surface area contributed by atoms with Crippen molar-refractivity contribution in [1.82, 2.24) is 5.32 Å².